The average Bonchev–Trinajstić information content (AvgIpc) is 2.81. The molecular formula is C23H16Cl3N3O4. The lowest BCUT2D eigenvalue weighted by Gasteiger charge is -2.05. The first kappa shape index (κ1) is 24.3. The van der Waals surface area contributed by atoms with Crippen molar-refractivity contribution in [1.82, 2.24) is 10.7 Å². The largest absolute Gasteiger partial charge is 0.423 e. The summed E-state index contributed by atoms with van der Waals surface area (Å²) in [4.78, 5) is 36.0. The van der Waals surface area contributed by atoms with E-state index in [0.717, 1.165) is 0 Å². The average molecular weight is 505 g/mol. The minimum Gasteiger partial charge on any atom is -0.423 e. The lowest BCUT2D eigenvalue weighted by Crippen LogP contribution is -2.34. The maximum absolute atomic E-state index is 12.1. The molecule has 7 nitrogen and oxygen atoms in total. The summed E-state index contributed by atoms with van der Waals surface area (Å²) in [5.41, 5.74) is 3.61. The monoisotopic (exact) mass is 503 g/mol. The van der Waals surface area contributed by atoms with Crippen molar-refractivity contribution in [3.8, 4) is 5.75 Å². The van der Waals surface area contributed by atoms with Gasteiger partial charge in [-0.05, 0) is 72.3 Å². The van der Waals surface area contributed by atoms with Crippen molar-refractivity contribution in [2.45, 2.75) is 0 Å². The Morgan fingerprint density at radius 3 is 2.18 bits per heavy atom. The molecule has 0 saturated carbocycles. The van der Waals surface area contributed by atoms with E-state index in [2.05, 4.69) is 15.8 Å². The van der Waals surface area contributed by atoms with Crippen molar-refractivity contribution in [1.29, 1.82) is 0 Å². The minimum atomic E-state index is -0.520. The molecule has 0 fully saturated rings. The lowest BCUT2D eigenvalue weighted by molar-refractivity contribution is -0.120. The normalized spacial score (nSPS) is 10.6. The Kier molecular flexibility index (Phi) is 8.43. The molecule has 0 bridgehead atoms. The second kappa shape index (κ2) is 11.5. The third-order valence-electron chi connectivity index (χ3n) is 4.16. The number of esters is 1. The summed E-state index contributed by atoms with van der Waals surface area (Å²) in [7, 11) is 0. The number of carbonyl (C=O) groups excluding carboxylic acids is 3. The fourth-order valence-corrected chi connectivity index (χ4v) is 2.92. The molecule has 0 aromatic heterocycles. The van der Waals surface area contributed by atoms with Crippen LogP contribution in [0.25, 0.3) is 0 Å². The van der Waals surface area contributed by atoms with Crippen LogP contribution in [-0.2, 0) is 4.79 Å². The number of nitrogens with one attached hydrogen (secondary N) is 2. The van der Waals surface area contributed by atoms with Crippen LogP contribution in [0.15, 0.2) is 71.8 Å². The van der Waals surface area contributed by atoms with E-state index in [-0.39, 0.29) is 17.1 Å². The van der Waals surface area contributed by atoms with Crippen molar-refractivity contribution in [2.75, 3.05) is 6.54 Å². The van der Waals surface area contributed by atoms with Gasteiger partial charge in [-0.1, -0.05) is 34.8 Å². The zero-order chi connectivity index (χ0) is 23.8. The number of rotatable bonds is 7. The molecule has 3 rings (SSSR count). The van der Waals surface area contributed by atoms with Gasteiger partial charge in [0.05, 0.1) is 28.4 Å². The molecular weight excluding hydrogens is 489 g/mol. The van der Waals surface area contributed by atoms with Crippen LogP contribution < -0.4 is 15.5 Å². The van der Waals surface area contributed by atoms with Crippen LogP contribution in [0.1, 0.15) is 26.3 Å². The number of ether oxygens (including phenoxy) is 1. The standard InChI is InChI=1S/C23H16Cl3N3O4/c24-17-6-3-15(4-7-17)23(32)33-18-8-1-14(2-9-18)12-28-29-21(30)13-27-22(31)16-5-10-19(25)20(26)11-16/h1-12H,13H2,(H,27,31)(H,29,30)/b28-12+. The first-order valence-corrected chi connectivity index (χ1v) is 10.6. The van der Waals surface area contributed by atoms with Gasteiger partial charge in [-0.3, -0.25) is 9.59 Å². The highest BCUT2D eigenvalue weighted by molar-refractivity contribution is 6.42. The summed E-state index contributed by atoms with van der Waals surface area (Å²) in [6.07, 6.45) is 1.41. The van der Waals surface area contributed by atoms with Crippen LogP contribution in [-0.4, -0.2) is 30.5 Å². The van der Waals surface area contributed by atoms with Gasteiger partial charge in [0.1, 0.15) is 5.75 Å². The second-order valence-electron chi connectivity index (χ2n) is 6.57. The number of hydrogen-bond acceptors (Lipinski definition) is 5. The molecule has 0 unspecified atom stereocenters. The molecule has 0 aliphatic carbocycles. The zero-order valence-electron chi connectivity index (χ0n) is 16.8. The fraction of sp³-hybridized carbons (Fsp3) is 0.0435. The van der Waals surface area contributed by atoms with Crippen molar-refractivity contribution >= 4 is 58.8 Å². The highest BCUT2D eigenvalue weighted by atomic mass is 35.5. The van der Waals surface area contributed by atoms with Crippen LogP contribution in [0.2, 0.25) is 15.1 Å². The number of hydrazone groups is 1. The van der Waals surface area contributed by atoms with E-state index >= 15 is 0 Å². The maximum atomic E-state index is 12.1. The summed E-state index contributed by atoms with van der Waals surface area (Å²) in [6.45, 7) is -0.282. The molecule has 0 saturated heterocycles. The van der Waals surface area contributed by atoms with Crippen molar-refractivity contribution in [3.05, 3.63) is 98.5 Å². The molecule has 33 heavy (non-hydrogen) atoms. The Labute approximate surface area is 204 Å². The van der Waals surface area contributed by atoms with Gasteiger partial charge in [-0.2, -0.15) is 5.10 Å². The van der Waals surface area contributed by atoms with E-state index in [1.54, 1.807) is 48.5 Å². The molecule has 3 aromatic carbocycles. The van der Waals surface area contributed by atoms with Gasteiger partial charge in [-0.25, -0.2) is 10.2 Å². The molecule has 10 heteroatoms. The van der Waals surface area contributed by atoms with Gasteiger partial charge in [-0.15, -0.1) is 0 Å². The van der Waals surface area contributed by atoms with Crippen molar-refractivity contribution < 1.29 is 19.1 Å². The molecule has 3 aromatic rings. The summed E-state index contributed by atoms with van der Waals surface area (Å²) in [5, 5.41) is 7.37. The van der Waals surface area contributed by atoms with E-state index in [0.29, 0.717) is 26.9 Å². The number of halogens is 3. The minimum absolute atomic E-state index is 0.240. The molecule has 168 valence electrons. The summed E-state index contributed by atoms with van der Waals surface area (Å²) >= 11 is 17.5. The topological polar surface area (TPSA) is 96.9 Å². The predicted octanol–water partition coefficient (Wildman–Crippen LogP) is 4.75. The molecule has 2 amide bonds. The smallest absolute Gasteiger partial charge is 0.343 e. The van der Waals surface area contributed by atoms with Crippen LogP contribution in [0.5, 0.6) is 5.75 Å². The highest BCUT2D eigenvalue weighted by Crippen LogP contribution is 2.22. The van der Waals surface area contributed by atoms with E-state index in [9.17, 15) is 14.4 Å². The Hall–Kier alpha value is -3.39. The van der Waals surface area contributed by atoms with E-state index in [1.165, 1.54) is 24.4 Å². The predicted molar refractivity (Wildman–Crippen MR) is 127 cm³/mol. The number of nitrogens with zero attached hydrogens (tertiary/aromatic N) is 1. The summed E-state index contributed by atoms with van der Waals surface area (Å²) in [5.74, 6) is -1.16. The number of benzene rings is 3. The van der Waals surface area contributed by atoms with Crippen LogP contribution in [0.4, 0.5) is 0 Å². The number of carbonyl (C=O) groups is 3. The molecule has 0 atom stereocenters. The van der Waals surface area contributed by atoms with Crippen molar-refractivity contribution in [3.63, 3.8) is 0 Å². The Morgan fingerprint density at radius 1 is 0.848 bits per heavy atom. The highest BCUT2D eigenvalue weighted by Gasteiger charge is 2.10. The van der Waals surface area contributed by atoms with Crippen LogP contribution in [0, 0.1) is 0 Å². The Bertz CT molecular complexity index is 1200. The molecule has 0 aliphatic heterocycles. The van der Waals surface area contributed by atoms with E-state index < -0.39 is 17.8 Å². The van der Waals surface area contributed by atoms with Gasteiger partial charge in [0.15, 0.2) is 0 Å². The summed E-state index contributed by atoms with van der Waals surface area (Å²) in [6, 6.07) is 17.2. The third kappa shape index (κ3) is 7.32. The third-order valence-corrected chi connectivity index (χ3v) is 5.16. The zero-order valence-corrected chi connectivity index (χ0v) is 19.1. The molecule has 0 aliphatic rings. The van der Waals surface area contributed by atoms with Gasteiger partial charge in [0, 0.05) is 10.6 Å². The SMILES string of the molecule is O=C(CNC(=O)c1ccc(Cl)c(Cl)c1)N/N=C/c1ccc(OC(=O)c2ccc(Cl)cc2)cc1. The lowest BCUT2D eigenvalue weighted by atomic mass is 10.2. The molecule has 2 N–H and O–H groups in total. The molecule has 0 heterocycles. The molecule has 0 radical (unpaired) electrons. The number of hydrogen-bond donors (Lipinski definition) is 2. The van der Waals surface area contributed by atoms with Crippen LogP contribution in [0.3, 0.4) is 0 Å². The van der Waals surface area contributed by atoms with Gasteiger partial charge < -0.3 is 10.1 Å². The van der Waals surface area contributed by atoms with E-state index in [4.69, 9.17) is 39.5 Å². The van der Waals surface area contributed by atoms with Gasteiger partial charge in [0.2, 0.25) is 0 Å². The first-order valence-electron chi connectivity index (χ1n) is 9.45. The second-order valence-corrected chi connectivity index (χ2v) is 7.82. The van der Waals surface area contributed by atoms with E-state index in [1.807, 2.05) is 0 Å². The molecule has 0 spiro atoms. The fourth-order valence-electron chi connectivity index (χ4n) is 2.49. The maximum Gasteiger partial charge on any atom is 0.343 e. The quantitative estimate of drug-likeness (QED) is 0.210. The van der Waals surface area contributed by atoms with Gasteiger partial charge in [0.25, 0.3) is 11.8 Å². The van der Waals surface area contributed by atoms with Crippen molar-refractivity contribution in [2.24, 2.45) is 5.10 Å². The van der Waals surface area contributed by atoms with Crippen LogP contribution >= 0.6 is 34.8 Å². The first-order chi connectivity index (χ1) is 15.8. The van der Waals surface area contributed by atoms with Gasteiger partial charge >= 0.3 is 5.97 Å². The summed E-state index contributed by atoms with van der Waals surface area (Å²) < 4.78 is 5.29. The Balaban J connectivity index is 1.45. The Morgan fingerprint density at radius 2 is 1.52 bits per heavy atom. The number of amides is 2.